The topological polar surface area (TPSA) is 18.5 Å². The van der Waals surface area contributed by atoms with Gasteiger partial charge in [0.15, 0.2) is 0 Å². The lowest BCUT2D eigenvalue weighted by Gasteiger charge is -2.27. The summed E-state index contributed by atoms with van der Waals surface area (Å²) in [4.78, 5) is 0. The Labute approximate surface area is 84.2 Å². The van der Waals surface area contributed by atoms with E-state index >= 15 is 0 Å². The number of methoxy groups -OCH3 is 1. The lowest BCUT2D eigenvalue weighted by molar-refractivity contribution is 0.399. The summed E-state index contributed by atoms with van der Waals surface area (Å²) in [6.07, 6.45) is 3.80. The minimum atomic E-state index is 0.0415. The van der Waals surface area contributed by atoms with Gasteiger partial charge in [0.05, 0.1) is 13.4 Å². The van der Waals surface area contributed by atoms with Crippen LogP contribution in [0.25, 0.3) is 0 Å². The molecule has 74 valence electrons. The smallest absolute Gasteiger partial charge is 0.134 e. The third kappa shape index (κ3) is 1.37. The third-order valence-electron chi connectivity index (χ3n) is 2.56. The minimum absolute atomic E-state index is 0.0415. The molecule has 0 spiro atoms. The summed E-state index contributed by atoms with van der Waals surface area (Å²) in [5.41, 5.74) is 1.24. The third-order valence-corrected chi connectivity index (χ3v) is 2.56. The fourth-order valence-electron chi connectivity index (χ4n) is 1.63. The van der Waals surface area contributed by atoms with E-state index in [1.54, 1.807) is 13.4 Å². The second-order valence-corrected chi connectivity index (χ2v) is 4.00. The number of fused-ring (bicyclic) bond motifs is 1. The van der Waals surface area contributed by atoms with E-state index in [9.17, 15) is 0 Å². The molecule has 1 aliphatic rings. The van der Waals surface area contributed by atoms with Crippen LogP contribution in [0.1, 0.15) is 19.4 Å². The molecule has 2 rings (SSSR count). The van der Waals surface area contributed by atoms with Gasteiger partial charge in [0.2, 0.25) is 0 Å². The van der Waals surface area contributed by atoms with Crippen LogP contribution in [-0.2, 0) is 5.41 Å². The van der Waals surface area contributed by atoms with Crippen LogP contribution in [0.3, 0.4) is 0 Å². The first-order chi connectivity index (χ1) is 6.63. The average Bonchev–Trinajstić information content (AvgIpc) is 2.16. The highest BCUT2D eigenvalue weighted by Crippen LogP contribution is 2.38. The molecule has 14 heavy (non-hydrogen) atoms. The molecule has 0 aromatic heterocycles. The molecule has 1 aromatic carbocycles. The Balaban J connectivity index is 2.50. The second kappa shape index (κ2) is 3.05. The van der Waals surface area contributed by atoms with Crippen molar-refractivity contribution in [2.45, 2.75) is 19.3 Å². The van der Waals surface area contributed by atoms with Crippen molar-refractivity contribution in [3.05, 3.63) is 36.1 Å². The van der Waals surface area contributed by atoms with Gasteiger partial charge < -0.3 is 9.47 Å². The first-order valence-electron chi connectivity index (χ1n) is 4.66. The number of rotatable bonds is 1. The highest BCUT2D eigenvalue weighted by molar-refractivity contribution is 5.48. The number of allylic oxidation sites excluding steroid dienone is 1. The Kier molecular flexibility index (Phi) is 1.99. The van der Waals surface area contributed by atoms with Gasteiger partial charge in [-0.05, 0) is 12.1 Å². The van der Waals surface area contributed by atoms with E-state index in [4.69, 9.17) is 9.47 Å². The lowest BCUT2D eigenvalue weighted by Crippen LogP contribution is -2.18. The summed E-state index contributed by atoms with van der Waals surface area (Å²) in [7, 11) is 1.66. The van der Waals surface area contributed by atoms with Crippen LogP contribution in [0.2, 0.25) is 0 Å². The number of ether oxygens (including phenoxy) is 2. The van der Waals surface area contributed by atoms with Crippen molar-refractivity contribution in [3.63, 3.8) is 0 Å². The van der Waals surface area contributed by atoms with Gasteiger partial charge in [-0.1, -0.05) is 19.9 Å². The molecule has 0 aliphatic carbocycles. The predicted molar refractivity (Wildman–Crippen MR) is 55.8 cm³/mol. The van der Waals surface area contributed by atoms with E-state index in [0.29, 0.717) is 0 Å². The van der Waals surface area contributed by atoms with Gasteiger partial charge >= 0.3 is 0 Å². The summed E-state index contributed by atoms with van der Waals surface area (Å²) in [5, 5.41) is 0. The van der Waals surface area contributed by atoms with E-state index in [1.807, 2.05) is 12.1 Å². The zero-order valence-electron chi connectivity index (χ0n) is 8.70. The molecule has 2 nitrogen and oxygen atoms in total. The molecule has 0 bridgehead atoms. The zero-order chi connectivity index (χ0) is 10.2. The molecule has 0 atom stereocenters. The van der Waals surface area contributed by atoms with Crippen LogP contribution in [0.5, 0.6) is 11.5 Å². The van der Waals surface area contributed by atoms with Crippen molar-refractivity contribution in [2.24, 2.45) is 0 Å². The van der Waals surface area contributed by atoms with Crippen molar-refractivity contribution in [1.82, 2.24) is 0 Å². The molecule has 1 aliphatic heterocycles. The van der Waals surface area contributed by atoms with Crippen molar-refractivity contribution in [2.75, 3.05) is 7.11 Å². The van der Waals surface area contributed by atoms with Crippen molar-refractivity contribution in [3.8, 4) is 11.5 Å². The Morgan fingerprint density at radius 2 is 2.07 bits per heavy atom. The number of benzene rings is 1. The summed E-state index contributed by atoms with van der Waals surface area (Å²) >= 11 is 0. The van der Waals surface area contributed by atoms with Gasteiger partial charge in [-0.2, -0.15) is 0 Å². The Morgan fingerprint density at radius 1 is 1.29 bits per heavy atom. The Morgan fingerprint density at radius 3 is 2.79 bits per heavy atom. The maximum Gasteiger partial charge on any atom is 0.134 e. The zero-order valence-corrected chi connectivity index (χ0v) is 8.70. The summed E-state index contributed by atoms with van der Waals surface area (Å²) in [6.45, 7) is 4.33. The van der Waals surface area contributed by atoms with Crippen molar-refractivity contribution >= 4 is 0 Å². The molecule has 1 aromatic rings. The monoisotopic (exact) mass is 190 g/mol. The van der Waals surface area contributed by atoms with Gasteiger partial charge in [-0.15, -0.1) is 0 Å². The van der Waals surface area contributed by atoms with Crippen LogP contribution >= 0.6 is 0 Å². The van der Waals surface area contributed by atoms with E-state index in [2.05, 4.69) is 26.0 Å². The Hall–Kier alpha value is -1.44. The number of hydrogen-bond acceptors (Lipinski definition) is 2. The summed E-state index contributed by atoms with van der Waals surface area (Å²) < 4.78 is 10.6. The first-order valence-corrected chi connectivity index (χ1v) is 4.66. The van der Waals surface area contributed by atoms with E-state index in [0.717, 1.165) is 11.5 Å². The van der Waals surface area contributed by atoms with Crippen LogP contribution in [0, 0.1) is 0 Å². The van der Waals surface area contributed by atoms with Gasteiger partial charge in [-0.25, -0.2) is 0 Å². The van der Waals surface area contributed by atoms with Gasteiger partial charge in [0, 0.05) is 17.0 Å². The molecule has 0 saturated carbocycles. The fourth-order valence-corrected chi connectivity index (χ4v) is 1.63. The fraction of sp³-hybridized carbons (Fsp3) is 0.333. The summed E-state index contributed by atoms with van der Waals surface area (Å²) in [6, 6.07) is 5.93. The standard InChI is InChI=1S/C12H14O2/c1-12(2)6-7-14-11-8-9(13-3)4-5-10(11)12/h4-8H,1-3H3. The highest BCUT2D eigenvalue weighted by atomic mass is 16.5. The van der Waals surface area contributed by atoms with Gasteiger partial charge in [-0.3, -0.25) is 0 Å². The molecule has 0 N–H and O–H groups in total. The van der Waals surface area contributed by atoms with E-state index in [1.165, 1.54) is 5.56 Å². The van der Waals surface area contributed by atoms with E-state index in [-0.39, 0.29) is 5.41 Å². The molecule has 0 radical (unpaired) electrons. The largest absolute Gasteiger partial charge is 0.497 e. The maximum atomic E-state index is 5.44. The molecule has 1 heterocycles. The molecule has 0 amide bonds. The van der Waals surface area contributed by atoms with Crippen molar-refractivity contribution in [1.29, 1.82) is 0 Å². The second-order valence-electron chi connectivity index (χ2n) is 4.00. The van der Waals surface area contributed by atoms with Crippen LogP contribution in [0.15, 0.2) is 30.5 Å². The average molecular weight is 190 g/mol. The molecular formula is C12H14O2. The quantitative estimate of drug-likeness (QED) is 0.678. The van der Waals surface area contributed by atoms with Crippen molar-refractivity contribution < 1.29 is 9.47 Å². The van der Waals surface area contributed by atoms with Crippen LogP contribution in [0.4, 0.5) is 0 Å². The SMILES string of the molecule is COc1ccc2c(c1)OC=CC2(C)C. The first kappa shape index (κ1) is 9.13. The molecule has 0 unspecified atom stereocenters. The highest BCUT2D eigenvalue weighted by Gasteiger charge is 2.24. The molecule has 0 fully saturated rings. The van der Waals surface area contributed by atoms with E-state index < -0.39 is 0 Å². The molecule has 2 heteroatoms. The normalized spacial score (nSPS) is 17.1. The maximum absolute atomic E-state index is 5.44. The molecule has 0 saturated heterocycles. The van der Waals surface area contributed by atoms with Crippen LogP contribution < -0.4 is 9.47 Å². The van der Waals surface area contributed by atoms with Crippen LogP contribution in [-0.4, -0.2) is 7.11 Å². The van der Waals surface area contributed by atoms with Gasteiger partial charge in [0.25, 0.3) is 0 Å². The molecular weight excluding hydrogens is 176 g/mol. The van der Waals surface area contributed by atoms with Gasteiger partial charge in [0.1, 0.15) is 11.5 Å². The predicted octanol–water partition coefficient (Wildman–Crippen LogP) is 2.88. The summed E-state index contributed by atoms with van der Waals surface area (Å²) in [5.74, 6) is 1.71. The lowest BCUT2D eigenvalue weighted by atomic mass is 9.83. The number of hydrogen-bond donors (Lipinski definition) is 0. The minimum Gasteiger partial charge on any atom is -0.497 e. The Bertz CT molecular complexity index is 378.